The molecule has 5 heterocycles. The second kappa shape index (κ2) is 10.3. The van der Waals surface area contributed by atoms with Gasteiger partial charge in [-0.25, -0.2) is 19.3 Å². The molecule has 0 unspecified atom stereocenters. The van der Waals surface area contributed by atoms with Crippen molar-refractivity contribution in [3.63, 3.8) is 0 Å². The van der Waals surface area contributed by atoms with Gasteiger partial charge >= 0.3 is 6.09 Å². The van der Waals surface area contributed by atoms with Crippen molar-refractivity contribution in [2.75, 3.05) is 18.1 Å². The smallest absolute Gasteiger partial charge is 0.404 e. The molecule has 1 saturated heterocycles. The summed E-state index contributed by atoms with van der Waals surface area (Å²) < 4.78 is 20.7. The van der Waals surface area contributed by atoms with Crippen LogP contribution in [0.25, 0.3) is 28.1 Å². The standard InChI is InChI=1S/C29H38N6O5Si/c1-29(2,3)41(4,5)38-17-19-7-6-12-34(19)27-21-15-24(40-23(21)10-11-30-27)22-16-31-25-8-9-26(33-35(22)25)39-20-13-18(14-20)32-28(36)37/h8-11,15-16,18-20,32H,6-7,12-14,17H2,1-5H3,(H,36,37)/t18-,19-,20-/m1/s1. The Bertz CT molecular complexity index is 1570. The van der Waals surface area contributed by atoms with E-state index in [9.17, 15) is 4.79 Å². The van der Waals surface area contributed by atoms with Gasteiger partial charge in [-0.3, -0.25) is 0 Å². The van der Waals surface area contributed by atoms with Crippen LogP contribution < -0.4 is 15.0 Å². The number of furan rings is 1. The molecule has 0 bridgehead atoms. The van der Waals surface area contributed by atoms with Crippen LogP contribution in [-0.2, 0) is 4.43 Å². The Kier molecular flexibility index (Phi) is 6.93. The van der Waals surface area contributed by atoms with Crippen LogP contribution in [0.15, 0.2) is 41.1 Å². The molecule has 6 rings (SSSR count). The quantitative estimate of drug-likeness (QED) is 0.253. The van der Waals surface area contributed by atoms with Crippen molar-refractivity contribution in [3.05, 3.63) is 36.7 Å². The predicted octanol–water partition coefficient (Wildman–Crippen LogP) is 5.71. The molecule has 1 amide bonds. The largest absolute Gasteiger partial charge is 0.473 e. The van der Waals surface area contributed by atoms with Gasteiger partial charge in [0.15, 0.2) is 19.7 Å². The molecule has 2 aliphatic rings. The molecular formula is C29H38N6O5Si. The summed E-state index contributed by atoms with van der Waals surface area (Å²) in [6.07, 6.45) is 5.85. The number of imidazole rings is 1. The number of hydrogen-bond acceptors (Lipinski definition) is 8. The molecule has 11 nitrogen and oxygen atoms in total. The first kappa shape index (κ1) is 27.5. The molecule has 41 heavy (non-hydrogen) atoms. The molecule has 1 atom stereocenters. The monoisotopic (exact) mass is 578 g/mol. The zero-order chi connectivity index (χ0) is 28.9. The van der Waals surface area contributed by atoms with E-state index in [1.807, 2.05) is 18.2 Å². The van der Waals surface area contributed by atoms with Gasteiger partial charge in [-0.05, 0) is 49.2 Å². The van der Waals surface area contributed by atoms with Crippen LogP contribution in [-0.4, -0.2) is 70.4 Å². The van der Waals surface area contributed by atoms with Crippen molar-refractivity contribution < 1.29 is 23.5 Å². The van der Waals surface area contributed by atoms with Crippen LogP contribution in [0, 0.1) is 0 Å². The van der Waals surface area contributed by atoms with E-state index in [0.717, 1.165) is 36.2 Å². The Morgan fingerprint density at radius 2 is 2.02 bits per heavy atom. The third-order valence-corrected chi connectivity index (χ3v) is 13.3. The van der Waals surface area contributed by atoms with Crippen LogP contribution in [0.4, 0.5) is 10.6 Å². The predicted molar refractivity (Wildman–Crippen MR) is 158 cm³/mol. The van der Waals surface area contributed by atoms with Gasteiger partial charge in [0.2, 0.25) is 5.88 Å². The lowest BCUT2D eigenvalue weighted by Crippen LogP contribution is -2.48. The highest BCUT2D eigenvalue weighted by molar-refractivity contribution is 6.74. The molecule has 1 aliphatic carbocycles. The molecule has 1 saturated carbocycles. The molecule has 1 aliphatic heterocycles. The van der Waals surface area contributed by atoms with Crippen LogP contribution in [0.2, 0.25) is 18.1 Å². The van der Waals surface area contributed by atoms with Gasteiger partial charge in [-0.2, -0.15) is 0 Å². The number of carboxylic acid groups (broad SMARTS) is 1. The summed E-state index contributed by atoms with van der Waals surface area (Å²) in [5.41, 5.74) is 2.15. The van der Waals surface area contributed by atoms with Crippen molar-refractivity contribution in [2.45, 2.75) is 82.8 Å². The Morgan fingerprint density at radius 3 is 2.78 bits per heavy atom. The summed E-state index contributed by atoms with van der Waals surface area (Å²) >= 11 is 0. The highest BCUT2D eigenvalue weighted by Gasteiger charge is 2.39. The third-order valence-electron chi connectivity index (χ3n) is 8.82. The van der Waals surface area contributed by atoms with Gasteiger partial charge in [0, 0.05) is 37.7 Å². The van der Waals surface area contributed by atoms with E-state index in [2.05, 4.69) is 54.2 Å². The number of carbonyl (C=O) groups is 1. The number of fused-ring (bicyclic) bond motifs is 2. The summed E-state index contributed by atoms with van der Waals surface area (Å²) in [6, 6.07) is 7.73. The highest BCUT2D eigenvalue weighted by Crippen LogP contribution is 2.39. The Hall–Kier alpha value is -3.64. The van der Waals surface area contributed by atoms with Crippen molar-refractivity contribution in [1.82, 2.24) is 24.9 Å². The topological polar surface area (TPSA) is 127 Å². The van der Waals surface area contributed by atoms with Crippen LogP contribution >= 0.6 is 0 Å². The summed E-state index contributed by atoms with van der Waals surface area (Å²) in [5.74, 6) is 2.02. The Labute approximate surface area is 240 Å². The SMILES string of the molecule is CC(C)(C)[Si](C)(C)OC[C@H]1CCCN1c1nccc2oc(-c3cnc4ccc(O[C@H]5C[C@H](NC(=O)O)C5)nn34)cc12. The Morgan fingerprint density at radius 1 is 1.22 bits per heavy atom. The molecule has 218 valence electrons. The fraction of sp³-hybridized carbons (Fsp3) is 0.517. The average Bonchev–Trinajstić information content (AvgIpc) is 3.62. The zero-order valence-electron chi connectivity index (χ0n) is 24.3. The number of nitrogens with one attached hydrogen (secondary N) is 1. The van der Waals surface area contributed by atoms with E-state index < -0.39 is 14.4 Å². The molecule has 4 aromatic heterocycles. The fourth-order valence-corrected chi connectivity index (χ4v) is 6.37. The number of pyridine rings is 1. The van der Waals surface area contributed by atoms with Gasteiger partial charge in [-0.15, -0.1) is 5.10 Å². The number of aromatic nitrogens is 4. The second-order valence-electron chi connectivity index (χ2n) is 12.7. The minimum atomic E-state index is -1.86. The molecule has 2 N–H and O–H groups in total. The maximum absolute atomic E-state index is 10.8. The first-order chi connectivity index (χ1) is 19.5. The highest BCUT2D eigenvalue weighted by atomic mass is 28.4. The third kappa shape index (κ3) is 5.37. The van der Waals surface area contributed by atoms with Crippen molar-refractivity contribution in [1.29, 1.82) is 0 Å². The van der Waals surface area contributed by atoms with E-state index in [1.54, 1.807) is 23.0 Å². The van der Waals surface area contributed by atoms with Gasteiger partial charge in [0.05, 0.1) is 24.2 Å². The van der Waals surface area contributed by atoms with E-state index in [4.69, 9.17) is 23.7 Å². The number of ether oxygens (including phenoxy) is 1. The normalized spacial score (nSPS) is 21.4. The summed E-state index contributed by atoms with van der Waals surface area (Å²) in [4.78, 5) is 22.5. The number of rotatable bonds is 8. The molecular weight excluding hydrogens is 540 g/mol. The second-order valence-corrected chi connectivity index (χ2v) is 17.5. The van der Waals surface area contributed by atoms with Gasteiger partial charge in [-0.1, -0.05) is 20.8 Å². The van der Waals surface area contributed by atoms with Crippen molar-refractivity contribution in [3.8, 4) is 17.3 Å². The maximum atomic E-state index is 10.8. The molecule has 0 spiro atoms. The molecule has 2 fully saturated rings. The lowest BCUT2D eigenvalue weighted by atomic mass is 9.89. The first-order valence-corrected chi connectivity index (χ1v) is 17.2. The summed E-state index contributed by atoms with van der Waals surface area (Å²) in [5, 5.41) is 17.2. The van der Waals surface area contributed by atoms with Crippen molar-refractivity contribution in [2.24, 2.45) is 0 Å². The summed E-state index contributed by atoms with van der Waals surface area (Å²) in [7, 11) is -1.86. The van der Waals surface area contributed by atoms with Crippen molar-refractivity contribution >= 4 is 36.8 Å². The van der Waals surface area contributed by atoms with E-state index in [-0.39, 0.29) is 23.2 Å². The van der Waals surface area contributed by atoms with Gasteiger partial charge in [0.1, 0.15) is 23.2 Å². The number of anilines is 1. The first-order valence-electron chi connectivity index (χ1n) is 14.3. The zero-order valence-corrected chi connectivity index (χ0v) is 25.3. The molecule has 4 aromatic rings. The number of nitrogens with zero attached hydrogens (tertiary/aromatic N) is 5. The van der Waals surface area contributed by atoms with Crippen LogP contribution in [0.3, 0.4) is 0 Å². The van der Waals surface area contributed by atoms with Gasteiger partial charge < -0.3 is 28.9 Å². The average molecular weight is 579 g/mol. The van der Waals surface area contributed by atoms with Crippen LogP contribution in [0.1, 0.15) is 46.5 Å². The fourth-order valence-electron chi connectivity index (χ4n) is 5.33. The lowest BCUT2D eigenvalue weighted by Gasteiger charge is -2.38. The number of amides is 1. The Balaban J connectivity index is 1.23. The number of hydrogen-bond donors (Lipinski definition) is 2. The minimum Gasteiger partial charge on any atom is -0.473 e. The molecule has 0 radical (unpaired) electrons. The van der Waals surface area contributed by atoms with E-state index >= 15 is 0 Å². The van der Waals surface area contributed by atoms with E-state index in [1.165, 1.54) is 0 Å². The lowest BCUT2D eigenvalue weighted by molar-refractivity contribution is 0.0782. The van der Waals surface area contributed by atoms with Crippen LogP contribution in [0.5, 0.6) is 5.88 Å². The minimum absolute atomic E-state index is 0.0855. The van der Waals surface area contributed by atoms with E-state index in [0.29, 0.717) is 42.4 Å². The maximum Gasteiger partial charge on any atom is 0.404 e. The molecule has 0 aromatic carbocycles. The molecule has 12 heteroatoms. The van der Waals surface area contributed by atoms with Gasteiger partial charge in [0.25, 0.3) is 0 Å². The summed E-state index contributed by atoms with van der Waals surface area (Å²) in [6.45, 7) is 13.0.